The minimum Gasteiger partial charge on any atom is -0.342 e. The third-order valence-electron chi connectivity index (χ3n) is 5.03. The van der Waals surface area contributed by atoms with Gasteiger partial charge in [0, 0.05) is 55.4 Å². The van der Waals surface area contributed by atoms with Gasteiger partial charge in [-0.1, -0.05) is 0 Å². The van der Waals surface area contributed by atoms with Gasteiger partial charge in [0.1, 0.15) is 0 Å². The third-order valence-corrected chi connectivity index (χ3v) is 5.03. The van der Waals surface area contributed by atoms with Crippen LogP contribution in [0.3, 0.4) is 0 Å². The van der Waals surface area contributed by atoms with Crippen LogP contribution < -0.4 is 0 Å². The maximum atomic E-state index is 12.6. The zero-order valence-corrected chi connectivity index (χ0v) is 14.4. The number of nitrogens with one attached hydrogen (secondary N) is 1. The number of aromatic amines is 1. The molecule has 3 aromatic rings. The molecule has 4 heterocycles. The standard InChI is InChI=1S/C18H22N6O/c1-23-15(8-9-20-23)5-7-17(25)24-10-2-3-14(12-24)16-6-4-13-11-19-22-18(13)21-16/h4,6,8-9,11,14H,2-3,5,7,10,12H2,1H3,(H,19,21,22). The maximum absolute atomic E-state index is 12.6. The van der Waals surface area contributed by atoms with E-state index < -0.39 is 0 Å². The molecule has 1 N–H and O–H groups in total. The number of hydrogen-bond acceptors (Lipinski definition) is 4. The molecule has 1 aliphatic rings. The average molecular weight is 338 g/mol. The lowest BCUT2D eigenvalue weighted by atomic mass is 9.93. The van der Waals surface area contributed by atoms with Crippen molar-refractivity contribution in [1.29, 1.82) is 0 Å². The van der Waals surface area contributed by atoms with Crippen LogP contribution in [0.1, 0.15) is 36.6 Å². The lowest BCUT2D eigenvalue weighted by Crippen LogP contribution is -2.39. The van der Waals surface area contributed by atoms with Crippen molar-refractivity contribution in [1.82, 2.24) is 29.9 Å². The van der Waals surface area contributed by atoms with E-state index in [2.05, 4.69) is 26.3 Å². The predicted molar refractivity (Wildman–Crippen MR) is 94.0 cm³/mol. The Bertz CT molecular complexity index is 882. The second kappa shape index (κ2) is 6.66. The molecule has 0 radical (unpaired) electrons. The largest absolute Gasteiger partial charge is 0.342 e. The lowest BCUT2D eigenvalue weighted by molar-refractivity contribution is -0.132. The Kier molecular flexibility index (Phi) is 4.21. The van der Waals surface area contributed by atoms with Crippen LogP contribution in [-0.2, 0) is 18.3 Å². The van der Waals surface area contributed by atoms with Crippen molar-refractivity contribution < 1.29 is 4.79 Å². The molecule has 3 aromatic heterocycles. The number of amides is 1. The van der Waals surface area contributed by atoms with Crippen LogP contribution in [0.15, 0.2) is 30.6 Å². The van der Waals surface area contributed by atoms with Crippen molar-refractivity contribution >= 4 is 16.9 Å². The monoisotopic (exact) mass is 338 g/mol. The topological polar surface area (TPSA) is 79.7 Å². The van der Waals surface area contributed by atoms with Crippen LogP contribution in [0.4, 0.5) is 0 Å². The summed E-state index contributed by atoms with van der Waals surface area (Å²) in [5.74, 6) is 0.510. The normalized spacial score (nSPS) is 18.0. The van der Waals surface area contributed by atoms with Crippen LogP contribution >= 0.6 is 0 Å². The van der Waals surface area contributed by atoms with E-state index in [-0.39, 0.29) is 5.91 Å². The van der Waals surface area contributed by atoms with Crippen LogP contribution in [0.2, 0.25) is 0 Å². The van der Waals surface area contributed by atoms with E-state index in [4.69, 9.17) is 0 Å². The van der Waals surface area contributed by atoms with Crippen LogP contribution in [0, 0.1) is 0 Å². The van der Waals surface area contributed by atoms with Gasteiger partial charge >= 0.3 is 0 Å². The summed E-state index contributed by atoms with van der Waals surface area (Å²) in [5, 5.41) is 12.1. The lowest BCUT2D eigenvalue weighted by Gasteiger charge is -2.32. The highest BCUT2D eigenvalue weighted by molar-refractivity contribution is 5.77. The van der Waals surface area contributed by atoms with Crippen LogP contribution in [-0.4, -0.2) is 48.9 Å². The molecule has 0 aromatic carbocycles. The number of pyridine rings is 1. The van der Waals surface area contributed by atoms with Crippen molar-refractivity contribution in [2.24, 2.45) is 7.05 Å². The summed E-state index contributed by atoms with van der Waals surface area (Å²) in [4.78, 5) is 19.3. The molecule has 25 heavy (non-hydrogen) atoms. The minimum atomic E-state index is 0.216. The Morgan fingerprint density at radius 1 is 1.36 bits per heavy atom. The first-order chi connectivity index (χ1) is 12.2. The van der Waals surface area contributed by atoms with E-state index in [1.807, 2.05) is 28.8 Å². The number of hydrogen-bond donors (Lipinski definition) is 1. The second-order valence-electron chi connectivity index (χ2n) is 6.67. The first-order valence-electron chi connectivity index (χ1n) is 8.75. The number of aryl methyl sites for hydroxylation is 2. The summed E-state index contributed by atoms with van der Waals surface area (Å²) in [7, 11) is 1.91. The second-order valence-corrected chi connectivity index (χ2v) is 6.67. The van der Waals surface area contributed by atoms with E-state index in [9.17, 15) is 4.79 Å². The summed E-state index contributed by atoms with van der Waals surface area (Å²) in [6.07, 6.45) is 6.90. The number of carbonyl (C=O) groups excluding carboxylic acids is 1. The molecule has 7 nitrogen and oxygen atoms in total. The number of aromatic nitrogens is 5. The molecular formula is C18H22N6O. The third kappa shape index (κ3) is 3.26. The summed E-state index contributed by atoms with van der Waals surface area (Å²) >= 11 is 0. The molecule has 0 aliphatic carbocycles. The molecule has 130 valence electrons. The number of H-pyrrole nitrogens is 1. The smallest absolute Gasteiger partial charge is 0.222 e. The van der Waals surface area contributed by atoms with E-state index in [0.29, 0.717) is 12.3 Å². The zero-order chi connectivity index (χ0) is 17.2. The molecule has 7 heteroatoms. The summed E-state index contributed by atoms with van der Waals surface area (Å²) in [6, 6.07) is 6.08. The number of rotatable bonds is 4. The van der Waals surface area contributed by atoms with E-state index in [1.165, 1.54) is 0 Å². The van der Waals surface area contributed by atoms with Crippen LogP contribution in [0.25, 0.3) is 11.0 Å². The fourth-order valence-electron chi connectivity index (χ4n) is 3.55. The van der Waals surface area contributed by atoms with E-state index in [0.717, 1.165) is 54.8 Å². The molecule has 1 aliphatic heterocycles. The van der Waals surface area contributed by atoms with E-state index >= 15 is 0 Å². The SMILES string of the molecule is Cn1nccc1CCC(=O)N1CCCC(c2ccc3cn[nH]c3n2)C1. The van der Waals surface area contributed by atoms with Crippen molar-refractivity contribution in [3.05, 3.63) is 42.0 Å². The van der Waals surface area contributed by atoms with Gasteiger partial charge in [0.15, 0.2) is 5.65 Å². The molecule has 1 atom stereocenters. The number of likely N-dealkylation sites (tertiary alicyclic amines) is 1. The highest BCUT2D eigenvalue weighted by Crippen LogP contribution is 2.27. The average Bonchev–Trinajstić information content (AvgIpc) is 3.27. The quantitative estimate of drug-likeness (QED) is 0.789. The Balaban J connectivity index is 1.41. The fraction of sp³-hybridized carbons (Fsp3) is 0.444. The minimum absolute atomic E-state index is 0.216. The van der Waals surface area contributed by atoms with Gasteiger partial charge in [0.05, 0.1) is 6.20 Å². The van der Waals surface area contributed by atoms with Gasteiger partial charge in [-0.25, -0.2) is 4.98 Å². The molecule has 0 spiro atoms. The highest BCUT2D eigenvalue weighted by atomic mass is 16.2. The van der Waals surface area contributed by atoms with Gasteiger partial charge in [-0.05, 0) is 37.5 Å². The fourth-order valence-corrected chi connectivity index (χ4v) is 3.55. The summed E-state index contributed by atoms with van der Waals surface area (Å²) < 4.78 is 1.83. The maximum Gasteiger partial charge on any atom is 0.222 e. The number of nitrogens with zero attached hydrogens (tertiary/aromatic N) is 5. The summed E-state index contributed by atoms with van der Waals surface area (Å²) in [6.45, 7) is 1.59. The van der Waals surface area contributed by atoms with Crippen molar-refractivity contribution in [3.8, 4) is 0 Å². The van der Waals surface area contributed by atoms with Gasteiger partial charge in [-0.3, -0.25) is 14.6 Å². The number of piperidine rings is 1. The Labute approximate surface area is 146 Å². The van der Waals surface area contributed by atoms with Crippen molar-refractivity contribution in [3.63, 3.8) is 0 Å². The molecular weight excluding hydrogens is 316 g/mol. The van der Waals surface area contributed by atoms with Gasteiger partial charge in [-0.2, -0.15) is 10.2 Å². The molecule has 1 fully saturated rings. The summed E-state index contributed by atoms with van der Waals surface area (Å²) in [5.41, 5.74) is 2.95. The van der Waals surface area contributed by atoms with Gasteiger partial charge in [0.2, 0.25) is 5.91 Å². The molecule has 1 saturated heterocycles. The van der Waals surface area contributed by atoms with Gasteiger partial charge < -0.3 is 4.90 Å². The first kappa shape index (κ1) is 15.8. The van der Waals surface area contributed by atoms with Crippen molar-refractivity contribution in [2.45, 2.75) is 31.6 Å². The first-order valence-corrected chi connectivity index (χ1v) is 8.75. The van der Waals surface area contributed by atoms with E-state index in [1.54, 1.807) is 12.4 Å². The number of carbonyl (C=O) groups is 1. The Hall–Kier alpha value is -2.70. The van der Waals surface area contributed by atoms with Crippen LogP contribution in [0.5, 0.6) is 0 Å². The van der Waals surface area contributed by atoms with Gasteiger partial charge in [-0.15, -0.1) is 0 Å². The molecule has 1 amide bonds. The molecule has 4 rings (SSSR count). The Morgan fingerprint density at radius 3 is 3.12 bits per heavy atom. The highest BCUT2D eigenvalue weighted by Gasteiger charge is 2.25. The Morgan fingerprint density at radius 2 is 2.28 bits per heavy atom. The molecule has 0 bridgehead atoms. The predicted octanol–water partition coefficient (Wildman–Crippen LogP) is 2.03. The zero-order valence-electron chi connectivity index (χ0n) is 14.4. The molecule has 0 saturated carbocycles. The molecule has 1 unspecified atom stereocenters. The van der Waals surface area contributed by atoms with Gasteiger partial charge in [0.25, 0.3) is 0 Å². The number of fused-ring (bicyclic) bond motifs is 1. The van der Waals surface area contributed by atoms with Crippen molar-refractivity contribution in [2.75, 3.05) is 13.1 Å².